The van der Waals surface area contributed by atoms with E-state index in [-0.39, 0.29) is 17.9 Å². The van der Waals surface area contributed by atoms with Gasteiger partial charge in [-0.3, -0.25) is 4.79 Å². The monoisotopic (exact) mass is 330 g/mol. The van der Waals surface area contributed by atoms with Crippen LogP contribution in [-0.4, -0.2) is 48.7 Å². The molecule has 1 saturated heterocycles. The molecule has 1 aromatic carbocycles. The maximum absolute atomic E-state index is 13.1. The quantitative estimate of drug-likeness (QED) is 0.922. The molecule has 2 aliphatic rings. The van der Waals surface area contributed by atoms with Crippen molar-refractivity contribution in [1.82, 2.24) is 4.90 Å². The van der Waals surface area contributed by atoms with Gasteiger partial charge in [0.05, 0.1) is 11.7 Å². The summed E-state index contributed by atoms with van der Waals surface area (Å²) in [5.41, 5.74) is 3.00. The smallest absolute Gasteiger partial charge is 0.255 e. The summed E-state index contributed by atoms with van der Waals surface area (Å²) in [5, 5.41) is 10.2. The number of nitrogens with zero attached hydrogens (tertiary/aromatic N) is 2. The summed E-state index contributed by atoms with van der Waals surface area (Å²) in [4.78, 5) is 17.2. The molecule has 0 spiro atoms. The Morgan fingerprint density at radius 1 is 1.21 bits per heavy atom. The summed E-state index contributed by atoms with van der Waals surface area (Å²) in [6, 6.07) is 6.20. The third-order valence-electron chi connectivity index (χ3n) is 5.55. The molecule has 1 aliphatic carbocycles. The molecule has 24 heavy (non-hydrogen) atoms. The van der Waals surface area contributed by atoms with Gasteiger partial charge in [0.1, 0.15) is 0 Å². The molecule has 0 aromatic heterocycles. The van der Waals surface area contributed by atoms with E-state index in [2.05, 4.69) is 17.0 Å². The summed E-state index contributed by atoms with van der Waals surface area (Å²) < 4.78 is 0. The number of aliphatic hydroxyl groups is 1. The molecule has 4 heteroatoms. The van der Waals surface area contributed by atoms with Crippen molar-refractivity contribution in [1.29, 1.82) is 0 Å². The average molecular weight is 330 g/mol. The second-order valence-corrected chi connectivity index (χ2v) is 7.51. The molecular formula is C20H30N2O2. The van der Waals surface area contributed by atoms with Crippen molar-refractivity contribution in [3.05, 3.63) is 29.3 Å². The Kier molecular flexibility index (Phi) is 5.44. The Hall–Kier alpha value is -1.55. The second-order valence-electron chi connectivity index (χ2n) is 7.51. The van der Waals surface area contributed by atoms with Crippen molar-refractivity contribution < 1.29 is 9.90 Å². The first-order chi connectivity index (χ1) is 11.6. The standard InChI is InChI=1S/C20H30N2O2/c1-15-9-10-18(22-11-5-6-12-22)17(13-15)20(24)21(2)14-16-7-3-4-8-19(16)23/h9-10,13,16,19,23H,3-8,11-12,14H2,1-2H3. The summed E-state index contributed by atoms with van der Waals surface area (Å²) in [7, 11) is 1.87. The number of rotatable bonds is 4. The summed E-state index contributed by atoms with van der Waals surface area (Å²) in [6.45, 7) is 4.76. The Morgan fingerprint density at radius 2 is 1.92 bits per heavy atom. The van der Waals surface area contributed by atoms with Gasteiger partial charge in [-0.2, -0.15) is 0 Å². The second kappa shape index (κ2) is 7.56. The maximum atomic E-state index is 13.1. The molecule has 3 rings (SSSR count). The van der Waals surface area contributed by atoms with E-state index >= 15 is 0 Å². The molecule has 4 nitrogen and oxygen atoms in total. The lowest BCUT2D eigenvalue weighted by molar-refractivity contribution is 0.0451. The minimum Gasteiger partial charge on any atom is -0.393 e. The molecule has 1 heterocycles. The van der Waals surface area contributed by atoms with Crippen LogP contribution in [0, 0.1) is 12.8 Å². The van der Waals surface area contributed by atoms with Crippen LogP contribution in [0.2, 0.25) is 0 Å². The van der Waals surface area contributed by atoms with Gasteiger partial charge in [-0.25, -0.2) is 0 Å². The fraction of sp³-hybridized carbons (Fsp3) is 0.650. The summed E-state index contributed by atoms with van der Waals surface area (Å²) in [5.74, 6) is 0.297. The zero-order chi connectivity index (χ0) is 17.1. The molecule has 2 atom stereocenters. The van der Waals surface area contributed by atoms with Crippen molar-refractivity contribution >= 4 is 11.6 Å². The molecule has 1 aromatic rings. The van der Waals surface area contributed by atoms with Crippen LogP contribution in [0.25, 0.3) is 0 Å². The first-order valence-corrected chi connectivity index (χ1v) is 9.35. The predicted octanol–water partition coefficient (Wildman–Crippen LogP) is 3.22. The number of amides is 1. The van der Waals surface area contributed by atoms with E-state index in [1.165, 1.54) is 12.8 Å². The number of carbonyl (C=O) groups excluding carboxylic acids is 1. The minimum absolute atomic E-state index is 0.0818. The van der Waals surface area contributed by atoms with Crippen molar-refractivity contribution in [2.45, 2.75) is 51.6 Å². The van der Waals surface area contributed by atoms with Crippen LogP contribution in [0.5, 0.6) is 0 Å². The average Bonchev–Trinajstić information content (AvgIpc) is 3.10. The molecule has 1 amide bonds. The predicted molar refractivity (Wildman–Crippen MR) is 97.6 cm³/mol. The fourth-order valence-electron chi connectivity index (χ4n) is 4.10. The highest BCUT2D eigenvalue weighted by Gasteiger charge is 2.27. The topological polar surface area (TPSA) is 43.8 Å². The van der Waals surface area contributed by atoms with Gasteiger partial charge in [0.25, 0.3) is 5.91 Å². The highest BCUT2D eigenvalue weighted by Crippen LogP contribution is 2.29. The first-order valence-electron chi connectivity index (χ1n) is 9.35. The third kappa shape index (κ3) is 3.75. The zero-order valence-corrected chi connectivity index (χ0v) is 15.0. The van der Waals surface area contributed by atoms with Gasteiger partial charge in [-0.05, 0) is 44.7 Å². The number of anilines is 1. The van der Waals surface area contributed by atoms with Crippen molar-refractivity contribution in [2.75, 3.05) is 31.6 Å². The maximum Gasteiger partial charge on any atom is 0.255 e. The van der Waals surface area contributed by atoms with E-state index in [4.69, 9.17) is 0 Å². The van der Waals surface area contributed by atoms with Gasteiger partial charge in [-0.1, -0.05) is 24.5 Å². The number of aliphatic hydroxyl groups excluding tert-OH is 1. The Morgan fingerprint density at radius 3 is 2.62 bits per heavy atom. The SMILES string of the molecule is Cc1ccc(N2CCCC2)c(C(=O)N(C)CC2CCCCC2O)c1. The van der Waals surface area contributed by atoms with Gasteiger partial charge >= 0.3 is 0 Å². The van der Waals surface area contributed by atoms with E-state index in [0.29, 0.717) is 6.54 Å². The van der Waals surface area contributed by atoms with E-state index in [1.807, 2.05) is 24.9 Å². The van der Waals surface area contributed by atoms with Crippen LogP contribution in [0.4, 0.5) is 5.69 Å². The normalized spacial score (nSPS) is 24.2. The summed E-state index contributed by atoms with van der Waals surface area (Å²) in [6.07, 6.45) is 6.29. The number of hydrogen-bond acceptors (Lipinski definition) is 3. The third-order valence-corrected chi connectivity index (χ3v) is 5.55. The van der Waals surface area contributed by atoms with Gasteiger partial charge in [0.2, 0.25) is 0 Å². The zero-order valence-electron chi connectivity index (χ0n) is 15.0. The lowest BCUT2D eigenvalue weighted by Gasteiger charge is -2.32. The highest BCUT2D eigenvalue weighted by molar-refractivity contribution is 6.00. The van der Waals surface area contributed by atoms with Gasteiger partial charge in [-0.15, -0.1) is 0 Å². The van der Waals surface area contributed by atoms with Gasteiger partial charge in [0.15, 0.2) is 0 Å². The highest BCUT2D eigenvalue weighted by atomic mass is 16.3. The molecular weight excluding hydrogens is 300 g/mol. The molecule has 2 unspecified atom stereocenters. The molecule has 1 N–H and O–H groups in total. The van der Waals surface area contributed by atoms with Gasteiger partial charge < -0.3 is 14.9 Å². The molecule has 1 saturated carbocycles. The Balaban J connectivity index is 1.76. The van der Waals surface area contributed by atoms with Crippen LogP contribution in [0.1, 0.15) is 54.4 Å². The minimum atomic E-state index is -0.260. The lowest BCUT2D eigenvalue weighted by Crippen LogP contribution is -2.38. The molecule has 132 valence electrons. The molecule has 0 radical (unpaired) electrons. The van der Waals surface area contributed by atoms with Crippen LogP contribution in [0.15, 0.2) is 18.2 Å². The molecule has 1 aliphatic heterocycles. The molecule has 2 fully saturated rings. The van der Waals surface area contributed by atoms with Crippen LogP contribution in [0.3, 0.4) is 0 Å². The summed E-state index contributed by atoms with van der Waals surface area (Å²) >= 11 is 0. The van der Waals surface area contributed by atoms with Crippen LogP contribution < -0.4 is 4.90 Å². The van der Waals surface area contributed by atoms with Gasteiger partial charge in [0, 0.05) is 38.3 Å². The largest absolute Gasteiger partial charge is 0.393 e. The fourth-order valence-corrected chi connectivity index (χ4v) is 4.10. The first kappa shape index (κ1) is 17.3. The van der Waals surface area contributed by atoms with Crippen molar-refractivity contribution in [3.63, 3.8) is 0 Å². The van der Waals surface area contributed by atoms with E-state index in [0.717, 1.165) is 55.6 Å². The van der Waals surface area contributed by atoms with E-state index < -0.39 is 0 Å². The number of carbonyl (C=O) groups is 1. The van der Waals surface area contributed by atoms with Crippen molar-refractivity contribution in [3.8, 4) is 0 Å². The van der Waals surface area contributed by atoms with E-state index in [1.54, 1.807) is 0 Å². The van der Waals surface area contributed by atoms with Crippen LogP contribution in [-0.2, 0) is 0 Å². The lowest BCUT2D eigenvalue weighted by atomic mass is 9.86. The number of hydrogen-bond donors (Lipinski definition) is 1. The van der Waals surface area contributed by atoms with Crippen molar-refractivity contribution in [2.24, 2.45) is 5.92 Å². The molecule has 0 bridgehead atoms. The Labute approximate surface area is 145 Å². The van der Waals surface area contributed by atoms with E-state index in [9.17, 15) is 9.90 Å². The van der Waals surface area contributed by atoms with Crippen LogP contribution >= 0.6 is 0 Å². The number of aryl methyl sites for hydroxylation is 1. The Bertz CT molecular complexity index is 581. The number of benzene rings is 1.